The Kier molecular flexibility index (Phi) is 3.52. The van der Waals surface area contributed by atoms with Crippen LogP contribution in [0.25, 0.3) is 11.3 Å². The molecule has 112 valence electrons. The SMILES string of the molecule is Cc1cccc(CN2CCn3c(-c4ccsc4)cnc3C2)n1. The molecule has 3 aromatic heterocycles. The van der Waals surface area contributed by atoms with Crippen molar-refractivity contribution in [1.82, 2.24) is 19.4 Å². The van der Waals surface area contributed by atoms with Crippen molar-refractivity contribution >= 4 is 11.3 Å². The smallest absolute Gasteiger partial charge is 0.123 e. The fraction of sp³-hybridized carbons (Fsp3) is 0.294. The van der Waals surface area contributed by atoms with Crippen LogP contribution in [0.15, 0.2) is 41.2 Å². The van der Waals surface area contributed by atoms with Gasteiger partial charge in [-0.25, -0.2) is 4.98 Å². The molecule has 0 unspecified atom stereocenters. The van der Waals surface area contributed by atoms with Gasteiger partial charge in [-0.15, -0.1) is 0 Å². The third kappa shape index (κ3) is 2.58. The average molecular weight is 310 g/mol. The molecule has 4 rings (SSSR count). The first-order chi connectivity index (χ1) is 10.8. The first kappa shape index (κ1) is 13.7. The van der Waals surface area contributed by atoms with Crippen LogP contribution >= 0.6 is 11.3 Å². The summed E-state index contributed by atoms with van der Waals surface area (Å²) in [6, 6.07) is 8.39. The summed E-state index contributed by atoms with van der Waals surface area (Å²) in [4.78, 5) is 11.6. The molecule has 3 aromatic rings. The molecule has 0 saturated carbocycles. The Morgan fingerprint density at radius 2 is 2.18 bits per heavy atom. The van der Waals surface area contributed by atoms with Gasteiger partial charge in [-0.05, 0) is 30.5 Å². The maximum atomic E-state index is 4.63. The quantitative estimate of drug-likeness (QED) is 0.744. The Balaban J connectivity index is 1.53. The zero-order valence-electron chi connectivity index (χ0n) is 12.6. The Morgan fingerprint density at radius 3 is 3.00 bits per heavy atom. The van der Waals surface area contributed by atoms with E-state index in [0.29, 0.717) is 0 Å². The van der Waals surface area contributed by atoms with Crippen molar-refractivity contribution in [3.8, 4) is 11.3 Å². The van der Waals surface area contributed by atoms with Crippen molar-refractivity contribution in [3.05, 3.63) is 58.4 Å². The maximum absolute atomic E-state index is 4.63. The van der Waals surface area contributed by atoms with Gasteiger partial charge in [0.2, 0.25) is 0 Å². The zero-order valence-corrected chi connectivity index (χ0v) is 13.4. The van der Waals surface area contributed by atoms with Gasteiger partial charge < -0.3 is 4.57 Å². The number of rotatable bonds is 3. The van der Waals surface area contributed by atoms with Gasteiger partial charge in [0.25, 0.3) is 0 Å². The Bertz CT molecular complexity index is 776. The fourth-order valence-corrected chi connectivity index (χ4v) is 3.65. The molecule has 0 fully saturated rings. The van der Waals surface area contributed by atoms with Crippen LogP contribution in [0, 0.1) is 6.92 Å². The molecule has 1 aliphatic rings. The standard InChI is InChI=1S/C17H18N4S/c1-13-3-2-4-15(19-13)10-20-6-7-21-16(9-18-17(21)11-20)14-5-8-22-12-14/h2-5,8-9,12H,6-7,10-11H2,1H3. The Hall–Kier alpha value is -1.98. The molecule has 0 N–H and O–H groups in total. The zero-order chi connectivity index (χ0) is 14.9. The minimum atomic E-state index is 0.889. The van der Waals surface area contributed by atoms with Crippen LogP contribution in [-0.2, 0) is 19.6 Å². The molecule has 0 atom stereocenters. The monoisotopic (exact) mass is 310 g/mol. The van der Waals surface area contributed by atoms with Crippen molar-refractivity contribution in [3.63, 3.8) is 0 Å². The highest BCUT2D eigenvalue weighted by molar-refractivity contribution is 7.08. The summed E-state index contributed by atoms with van der Waals surface area (Å²) >= 11 is 1.73. The topological polar surface area (TPSA) is 34.0 Å². The first-order valence-electron chi connectivity index (χ1n) is 7.51. The van der Waals surface area contributed by atoms with E-state index in [-0.39, 0.29) is 0 Å². The second-order valence-corrected chi connectivity index (χ2v) is 6.48. The molecule has 5 heteroatoms. The van der Waals surface area contributed by atoms with Gasteiger partial charge in [0.05, 0.1) is 24.1 Å². The van der Waals surface area contributed by atoms with Crippen LogP contribution < -0.4 is 0 Å². The van der Waals surface area contributed by atoms with E-state index < -0.39 is 0 Å². The number of thiophene rings is 1. The van der Waals surface area contributed by atoms with E-state index in [1.54, 1.807) is 11.3 Å². The molecule has 1 aliphatic heterocycles. The Morgan fingerprint density at radius 1 is 1.23 bits per heavy atom. The summed E-state index contributed by atoms with van der Waals surface area (Å²) < 4.78 is 2.35. The van der Waals surface area contributed by atoms with Crippen LogP contribution in [0.4, 0.5) is 0 Å². The number of fused-ring (bicyclic) bond motifs is 1. The lowest BCUT2D eigenvalue weighted by Crippen LogP contribution is -2.33. The van der Waals surface area contributed by atoms with Crippen molar-refractivity contribution in [2.75, 3.05) is 6.54 Å². The lowest BCUT2D eigenvalue weighted by atomic mass is 10.2. The molecule has 4 heterocycles. The lowest BCUT2D eigenvalue weighted by Gasteiger charge is -2.28. The molecular formula is C17H18N4S. The summed E-state index contributed by atoms with van der Waals surface area (Å²) in [5.41, 5.74) is 4.73. The molecule has 22 heavy (non-hydrogen) atoms. The van der Waals surface area contributed by atoms with Gasteiger partial charge >= 0.3 is 0 Å². The second-order valence-electron chi connectivity index (χ2n) is 5.70. The van der Waals surface area contributed by atoms with E-state index in [1.165, 1.54) is 11.3 Å². The predicted molar refractivity (Wildman–Crippen MR) is 88.6 cm³/mol. The third-order valence-corrected chi connectivity index (χ3v) is 4.77. The normalized spacial score (nSPS) is 15.0. The first-order valence-corrected chi connectivity index (χ1v) is 8.46. The summed E-state index contributed by atoms with van der Waals surface area (Å²) in [5.74, 6) is 1.15. The third-order valence-electron chi connectivity index (χ3n) is 4.09. The summed E-state index contributed by atoms with van der Waals surface area (Å²) in [6.45, 7) is 5.85. The van der Waals surface area contributed by atoms with Crippen molar-refractivity contribution in [2.24, 2.45) is 0 Å². The largest absolute Gasteiger partial charge is 0.326 e. The summed E-state index contributed by atoms with van der Waals surface area (Å²) in [6.07, 6.45) is 2.01. The van der Waals surface area contributed by atoms with Crippen molar-refractivity contribution in [2.45, 2.75) is 26.6 Å². The van der Waals surface area contributed by atoms with Crippen LogP contribution in [0.2, 0.25) is 0 Å². The van der Waals surface area contributed by atoms with Gasteiger partial charge in [-0.2, -0.15) is 11.3 Å². The number of hydrogen-bond donors (Lipinski definition) is 0. The molecule has 0 amide bonds. The van der Waals surface area contributed by atoms with Crippen LogP contribution in [-0.4, -0.2) is 26.0 Å². The molecule has 0 aromatic carbocycles. The van der Waals surface area contributed by atoms with Gasteiger partial charge in [0.15, 0.2) is 0 Å². The van der Waals surface area contributed by atoms with Gasteiger partial charge in [0.1, 0.15) is 5.82 Å². The highest BCUT2D eigenvalue weighted by Gasteiger charge is 2.20. The highest BCUT2D eigenvalue weighted by atomic mass is 32.1. The fourth-order valence-electron chi connectivity index (χ4n) is 3.00. The highest BCUT2D eigenvalue weighted by Crippen LogP contribution is 2.26. The minimum Gasteiger partial charge on any atom is -0.326 e. The number of hydrogen-bond acceptors (Lipinski definition) is 4. The predicted octanol–water partition coefficient (Wildman–Crippen LogP) is 3.33. The van der Waals surface area contributed by atoms with Crippen molar-refractivity contribution in [1.29, 1.82) is 0 Å². The van der Waals surface area contributed by atoms with E-state index in [4.69, 9.17) is 0 Å². The summed E-state index contributed by atoms with van der Waals surface area (Å²) in [7, 11) is 0. The Labute approximate surface area is 134 Å². The van der Waals surface area contributed by atoms with Crippen LogP contribution in [0.5, 0.6) is 0 Å². The van der Waals surface area contributed by atoms with Crippen molar-refractivity contribution < 1.29 is 0 Å². The van der Waals surface area contributed by atoms with Gasteiger partial charge in [-0.1, -0.05) is 6.07 Å². The second kappa shape index (κ2) is 5.66. The minimum absolute atomic E-state index is 0.889. The summed E-state index contributed by atoms with van der Waals surface area (Å²) in [5, 5.41) is 4.31. The van der Waals surface area contributed by atoms with E-state index >= 15 is 0 Å². The van der Waals surface area contributed by atoms with Crippen LogP contribution in [0.1, 0.15) is 17.2 Å². The average Bonchev–Trinajstić information content (AvgIpc) is 3.15. The molecule has 0 bridgehead atoms. The molecule has 4 nitrogen and oxygen atoms in total. The lowest BCUT2D eigenvalue weighted by molar-refractivity contribution is 0.207. The number of aryl methyl sites for hydroxylation is 1. The molecular weight excluding hydrogens is 292 g/mol. The number of aromatic nitrogens is 3. The van der Waals surface area contributed by atoms with Gasteiger partial charge in [-0.3, -0.25) is 9.88 Å². The van der Waals surface area contributed by atoms with E-state index in [2.05, 4.69) is 48.4 Å². The maximum Gasteiger partial charge on any atom is 0.123 e. The molecule has 0 aliphatic carbocycles. The number of nitrogens with zero attached hydrogens (tertiary/aromatic N) is 4. The number of imidazole rings is 1. The molecule has 0 radical (unpaired) electrons. The van der Waals surface area contributed by atoms with E-state index in [9.17, 15) is 0 Å². The molecule has 0 saturated heterocycles. The molecule has 0 spiro atoms. The van der Waals surface area contributed by atoms with Crippen LogP contribution in [0.3, 0.4) is 0 Å². The van der Waals surface area contributed by atoms with Gasteiger partial charge in [0, 0.05) is 36.3 Å². The van der Waals surface area contributed by atoms with E-state index in [0.717, 1.165) is 43.4 Å². The van der Waals surface area contributed by atoms with E-state index in [1.807, 2.05) is 19.2 Å². The number of pyridine rings is 1.